The van der Waals surface area contributed by atoms with E-state index in [2.05, 4.69) is 22.1 Å². The maximum absolute atomic E-state index is 13.3. The molecule has 2 aliphatic carbocycles. The van der Waals surface area contributed by atoms with Gasteiger partial charge in [-0.2, -0.15) is 0 Å². The van der Waals surface area contributed by atoms with Crippen molar-refractivity contribution in [2.24, 2.45) is 11.8 Å². The van der Waals surface area contributed by atoms with Crippen LogP contribution < -0.4 is 14.8 Å². The first-order valence-corrected chi connectivity index (χ1v) is 16.6. The van der Waals surface area contributed by atoms with Gasteiger partial charge in [0.1, 0.15) is 29.4 Å². The number of hydrogen-bond donors (Lipinski definition) is 4. The van der Waals surface area contributed by atoms with Crippen LogP contribution in [0.2, 0.25) is 0 Å². The van der Waals surface area contributed by atoms with Crippen LogP contribution in [0.15, 0.2) is 53.1 Å². The highest BCUT2D eigenvalue weighted by atomic mass is 16.5. The molecule has 4 N–H and O–H groups in total. The lowest BCUT2D eigenvalue weighted by Gasteiger charge is -2.39. The van der Waals surface area contributed by atoms with E-state index in [0.717, 1.165) is 85.1 Å². The molecule has 0 spiro atoms. The van der Waals surface area contributed by atoms with Crippen molar-refractivity contribution in [3.63, 3.8) is 0 Å². The number of aromatic nitrogens is 1. The van der Waals surface area contributed by atoms with Gasteiger partial charge in [-0.3, -0.25) is 4.79 Å². The quantitative estimate of drug-likeness (QED) is 0.169. The molecule has 4 aromatic rings. The Hall–Kier alpha value is -3.53. The molecule has 1 aliphatic heterocycles. The first-order valence-electron chi connectivity index (χ1n) is 16.6. The number of likely N-dealkylation sites (tertiary alicyclic amines) is 1. The molecule has 0 unspecified atom stereocenters. The molecule has 0 bridgehead atoms. The summed E-state index contributed by atoms with van der Waals surface area (Å²) in [5.74, 6) is 2.34. The highest BCUT2D eigenvalue weighted by Crippen LogP contribution is 2.34. The largest absolute Gasteiger partial charge is 0.493 e. The van der Waals surface area contributed by atoms with E-state index in [1.807, 2.05) is 42.5 Å². The van der Waals surface area contributed by atoms with Gasteiger partial charge in [-0.05, 0) is 93.5 Å². The molecule has 2 saturated carbocycles. The number of furan rings is 1. The Balaban J connectivity index is 0.926. The second-order valence-corrected chi connectivity index (χ2v) is 13.7. The average molecular weight is 616 g/mol. The monoisotopic (exact) mass is 615 g/mol. The molecule has 1 saturated heterocycles. The number of amides is 1. The third kappa shape index (κ3) is 7.00. The van der Waals surface area contributed by atoms with Crippen LogP contribution in [0.4, 0.5) is 0 Å². The number of aromatic amines is 1. The number of aliphatic hydroxyl groups excluding tert-OH is 1. The van der Waals surface area contributed by atoms with Crippen molar-refractivity contribution in [3.8, 4) is 11.5 Å². The molecule has 9 nitrogen and oxygen atoms in total. The molecule has 2 aromatic heterocycles. The number of aliphatic hydroxyl groups is 2. The molecular formula is C36H45N3O6. The fourth-order valence-corrected chi connectivity index (χ4v) is 6.90. The van der Waals surface area contributed by atoms with E-state index in [-0.39, 0.29) is 24.0 Å². The number of ether oxygens (including phenoxy) is 2. The van der Waals surface area contributed by atoms with Gasteiger partial charge in [0.05, 0.1) is 24.6 Å². The lowest BCUT2D eigenvalue weighted by Crippen LogP contribution is -2.47. The normalized spacial score (nSPS) is 25.9. The molecule has 1 amide bonds. The van der Waals surface area contributed by atoms with Gasteiger partial charge >= 0.3 is 0 Å². The molecular weight excluding hydrogens is 570 g/mol. The number of rotatable bonds is 11. The van der Waals surface area contributed by atoms with E-state index in [1.54, 1.807) is 6.26 Å². The maximum atomic E-state index is 13.3. The van der Waals surface area contributed by atoms with Gasteiger partial charge in [0.25, 0.3) is 5.91 Å². The van der Waals surface area contributed by atoms with Crippen LogP contribution in [0.3, 0.4) is 0 Å². The lowest BCUT2D eigenvalue weighted by molar-refractivity contribution is -0.0272. The zero-order valence-corrected chi connectivity index (χ0v) is 26.1. The first kappa shape index (κ1) is 30.1. The Kier molecular flexibility index (Phi) is 8.50. The van der Waals surface area contributed by atoms with Gasteiger partial charge in [0, 0.05) is 53.6 Å². The average Bonchev–Trinajstić information content (AvgIpc) is 3.62. The van der Waals surface area contributed by atoms with Crippen LogP contribution in [-0.2, 0) is 6.61 Å². The third-order valence-corrected chi connectivity index (χ3v) is 10.2. The van der Waals surface area contributed by atoms with E-state index < -0.39 is 5.60 Å². The van der Waals surface area contributed by atoms with Crippen molar-refractivity contribution in [2.45, 2.75) is 82.6 Å². The van der Waals surface area contributed by atoms with Crippen molar-refractivity contribution in [1.29, 1.82) is 0 Å². The molecule has 2 aromatic carbocycles. The molecule has 45 heavy (non-hydrogen) atoms. The zero-order valence-electron chi connectivity index (χ0n) is 26.1. The molecule has 3 heterocycles. The van der Waals surface area contributed by atoms with Crippen LogP contribution in [0, 0.1) is 11.8 Å². The zero-order chi connectivity index (χ0) is 31.0. The van der Waals surface area contributed by atoms with E-state index >= 15 is 0 Å². The summed E-state index contributed by atoms with van der Waals surface area (Å²) in [6, 6.07) is 13.6. The number of carbonyl (C=O) groups is 1. The van der Waals surface area contributed by atoms with Crippen molar-refractivity contribution < 1.29 is 28.9 Å². The summed E-state index contributed by atoms with van der Waals surface area (Å²) in [7, 11) is 0. The molecule has 240 valence electrons. The van der Waals surface area contributed by atoms with E-state index in [0.29, 0.717) is 36.8 Å². The molecule has 7 rings (SSSR count). The molecule has 9 heteroatoms. The minimum absolute atomic E-state index is 0.0269. The fraction of sp³-hybridized carbons (Fsp3) is 0.528. The Bertz CT molecular complexity index is 1630. The summed E-state index contributed by atoms with van der Waals surface area (Å²) >= 11 is 0. The van der Waals surface area contributed by atoms with E-state index in [9.17, 15) is 15.0 Å². The number of fused-ring (bicyclic) bond motifs is 2. The Labute approximate surface area is 263 Å². The SMILES string of the molecule is C[C@H]1CN(CC[C@]2(O)CC[C@@H](NC(=O)c3cc4c(OCc5coc6cc(OCC7CC7)ccc56)cccc4[nH]3)CC2)CC[C@@H]1O. The molecule has 2 atom stereocenters. The number of nitrogens with zero attached hydrogens (tertiary/aromatic N) is 1. The highest BCUT2D eigenvalue weighted by molar-refractivity contribution is 5.99. The summed E-state index contributed by atoms with van der Waals surface area (Å²) in [5, 5.41) is 26.3. The van der Waals surface area contributed by atoms with Gasteiger partial charge in [-0.25, -0.2) is 0 Å². The number of benzene rings is 2. The number of piperidine rings is 1. The molecule has 0 radical (unpaired) electrons. The van der Waals surface area contributed by atoms with Crippen molar-refractivity contribution in [1.82, 2.24) is 15.2 Å². The first-order chi connectivity index (χ1) is 21.8. The van der Waals surface area contributed by atoms with Crippen molar-refractivity contribution in [2.75, 3.05) is 26.2 Å². The summed E-state index contributed by atoms with van der Waals surface area (Å²) in [6.07, 6.45) is 8.39. The smallest absolute Gasteiger partial charge is 0.267 e. The van der Waals surface area contributed by atoms with Crippen LogP contribution in [0.25, 0.3) is 21.9 Å². The number of hydrogen-bond acceptors (Lipinski definition) is 7. The standard InChI is InChI=1S/C36H45N3O6/c1-23-19-39(15-11-32(23)40)16-14-36(42)12-9-26(10-13-36)37-35(41)31-18-29-30(38-31)3-2-4-33(29)44-21-25-22-45-34-17-27(7-8-28(25)34)43-20-24-5-6-24/h2-4,7-8,17-18,22-24,26,32,38,40,42H,5-6,9-16,19-21H2,1H3,(H,37,41)/t23-,26-,32-,36+/m0/s1. The fourth-order valence-electron chi connectivity index (χ4n) is 6.90. The van der Waals surface area contributed by atoms with Gasteiger partial charge in [0.15, 0.2) is 0 Å². The minimum Gasteiger partial charge on any atom is -0.493 e. The summed E-state index contributed by atoms with van der Waals surface area (Å²) < 4.78 is 18.0. The van der Waals surface area contributed by atoms with Gasteiger partial charge in [-0.1, -0.05) is 13.0 Å². The molecule has 3 aliphatic rings. The van der Waals surface area contributed by atoms with Gasteiger partial charge < -0.3 is 39.3 Å². The van der Waals surface area contributed by atoms with E-state index in [1.165, 1.54) is 12.8 Å². The predicted molar refractivity (Wildman–Crippen MR) is 173 cm³/mol. The highest BCUT2D eigenvalue weighted by Gasteiger charge is 2.35. The Morgan fingerprint density at radius 3 is 2.73 bits per heavy atom. The van der Waals surface area contributed by atoms with E-state index in [4.69, 9.17) is 13.9 Å². The third-order valence-electron chi connectivity index (χ3n) is 10.2. The number of H-pyrrole nitrogens is 1. The summed E-state index contributed by atoms with van der Waals surface area (Å²) in [6.45, 7) is 5.80. The van der Waals surface area contributed by atoms with Gasteiger partial charge in [0.2, 0.25) is 0 Å². The Morgan fingerprint density at radius 2 is 1.93 bits per heavy atom. The van der Waals surface area contributed by atoms with Crippen LogP contribution in [0.1, 0.15) is 74.3 Å². The summed E-state index contributed by atoms with van der Waals surface area (Å²) in [4.78, 5) is 18.9. The number of carbonyl (C=O) groups excluding carboxylic acids is 1. The van der Waals surface area contributed by atoms with Crippen LogP contribution in [-0.4, -0.2) is 70.0 Å². The number of nitrogens with one attached hydrogen (secondary N) is 2. The Morgan fingerprint density at radius 1 is 1.09 bits per heavy atom. The second kappa shape index (κ2) is 12.7. The predicted octanol–water partition coefficient (Wildman–Crippen LogP) is 5.78. The lowest BCUT2D eigenvalue weighted by atomic mass is 9.80. The van der Waals surface area contributed by atoms with Crippen LogP contribution >= 0.6 is 0 Å². The van der Waals surface area contributed by atoms with Crippen molar-refractivity contribution in [3.05, 3.63) is 60.0 Å². The van der Waals surface area contributed by atoms with Gasteiger partial charge in [-0.15, -0.1) is 0 Å². The molecule has 3 fully saturated rings. The topological polar surface area (TPSA) is 120 Å². The van der Waals surface area contributed by atoms with Crippen molar-refractivity contribution >= 4 is 27.8 Å². The minimum atomic E-state index is -0.694. The van der Waals surface area contributed by atoms with Crippen LogP contribution in [0.5, 0.6) is 11.5 Å². The maximum Gasteiger partial charge on any atom is 0.267 e. The summed E-state index contributed by atoms with van der Waals surface area (Å²) in [5.41, 5.74) is 2.37. The second-order valence-electron chi connectivity index (χ2n) is 13.7.